The van der Waals surface area contributed by atoms with Crippen LogP contribution in [0.2, 0.25) is 0 Å². The van der Waals surface area contributed by atoms with Crippen molar-refractivity contribution >= 4 is 40.5 Å². The average molecular weight is 524 g/mol. The van der Waals surface area contributed by atoms with Crippen molar-refractivity contribution < 1.29 is 19.0 Å². The second-order valence-electron chi connectivity index (χ2n) is 8.66. The van der Waals surface area contributed by atoms with Gasteiger partial charge in [0.15, 0.2) is 0 Å². The Morgan fingerprint density at radius 3 is 2.58 bits per heavy atom. The van der Waals surface area contributed by atoms with Crippen LogP contribution in [0.15, 0.2) is 84.2 Å². The Bertz CT molecular complexity index is 1250. The molecule has 3 aromatic carbocycles. The second kappa shape index (κ2) is 12.9. The molecule has 1 fully saturated rings. The van der Waals surface area contributed by atoms with E-state index < -0.39 is 0 Å². The first-order valence-electron chi connectivity index (χ1n) is 12.0. The van der Waals surface area contributed by atoms with Crippen molar-refractivity contribution in [2.75, 3.05) is 26.3 Å². The molecule has 4 aromatic rings. The molecule has 1 aromatic heterocycles. The molecule has 2 unspecified atom stereocenters. The lowest BCUT2D eigenvalue weighted by atomic mass is 9.87. The number of halogens is 1. The van der Waals surface area contributed by atoms with E-state index in [1.54, 1.807) is 6.07 Å². The van der Waals surface area contributed by atoms with Crippen LogP contribution in [-0.4, -0.2) is 38.4 Å². The van der Waals surface area contributed by atoms with Crippen molar-refractivity contribution in [2.45, 2.75) is 25.0 Å². The predicted molar refractivity (Wildman–Crippen MR) is 147 cm³/mol. The minimum atomic E-state index is -0.306. The smallest absolute Gasteiger partial charge is 0.348 e. The quantitative estimate of drug-likeness (QED) is 0.208. The van der Waals surface area contributed by atoms with Gasteiger partial charge in [0, 0.05) is 12.5 Å². The van der Waals surface area contributed by atoms with Crippen LogP contribution >= 0.6 is 23.7 Å². The summed E-state index contributed by atoms with van der Waals surface area (Å²) in [5, 5.41) is 7.82. The van der Waals surface area contributed by atoms with Crippen molar-refractivity contribution in [1.82, 2.24) is 5.32 Å². The number of rotatable bonds is 9. The molecule has 2 heterocycles. The van der Waals surface area contributed by atoms with E-state index in [1.807, 2.05) is 23.6 Å². The van der Waals surface area contributed by atoms with Gasteiger partial charge in [0.2, 0.25) is 0 Å². The maximum absolute atomic E-state index is 11.9. The molecule has 7 heteroatoms. The van der Waals surface area contributed by atoms with Crippen molar-refractivity contribution in [3.8, 4) is 5.75 Å². The molecule has 0 spiro atoms. The lowest BCUT2D eigenvalue weighted by molar-refractivity contribution is 0.0106. The molecule has 36 heavy (non-hydrogen) atoms. The number of hydrogen-bond donors (Lipinski definition) is 1. The Morgan fingerprint density at radius 2 is 1.78 bits per heavy atom. The largest absolute Gasteiger partial charge is 0.490 e. The number of nitrogens with one attached hydrogen (secondary N) is 1. The normalized spacial score (nSPS) is 17.3. The Labute approximate surface area is 221 Å². The molecular formula is C29H30ClNO4S. The molecule has 1 aliphatic rings. The Balaban J connectivity index is 0.00000304. The minimum absolute atomic E-state index is 0. The first-order valence-corrected chi connectivity index (χ1v) is 12.9. The molecule has 0 saturated carbocycles. The minimum Gasteiger partial charge on any atom is -0.490 e. The zero-order valence-electron chi connectivity index (χ0n) is 19.9. The number of piperidine rings is 1. The molecule has 0 aliphatic carbocycles. The Hall–Kier alpha value is -2.90. The highest BCUT2D eigenvalue weighted by Gasteiger charge is 2.27. The van der Waals surface area contributed by atoms with Gasteiger partial charge < -0.3 is 19.5 Å². The summed E-state index contributed by atoms with van der Waals surface area (Å²) in [7, 11) is 0. The molecule has 1 aliphatic heterocycles. The number of ether oxygens (including phenoxy) is 3. The number of thiophene rings is 1. The van der Waals surface area contributed by atoms with Crippen LogP contribution in [0, 0.1) is 0 Å². The van der Waals surface area contributed by atoms with Gasteiger partial charge in [0.05, 0.1) is 12.7 Å². The summed E-state index contributed by atoms with van der Waals surface area (Å²) in [6.07, 6.45) is 1.14. The van der Waals surface area contributed by atoms with Gasteiger partial charge in [-0.3, -0.25) is 0 Å². The molecule has 188 valence electrons. The van der Waals surface area contributed by atoms with E-state index in [1.165, 1.54) is 33.2 Å². The number of esters is 1. The van der Waals surface area contributed by atoms with E-state index in [0.717, 1.165) is 25.3 Å². The molecule has 0 radical (unpaired) electrons. The van der Waals surface area contributed by atoms with Crippen LogP contribution in [0.4, 0.5) is 0 Å². The summed E-state index contributed by atoms with van der Waals surface area (Å²) in [4.78, 5) is 12.5. The van der Waals surface area contributed by atoms with Gasteiger partial charge in [-0.15, -0.1) is 23.7 Å². The van der Waals surface area contributed by atoms with Crippen LogP contribution in [0.5, 0.6) is 5.75 Å². The van der Waals surface area contributed by atoms with Gasteiger partial charge in [-0.05, 0) is 64.5 Å². The fraction of sp³-hybridized carbons (Fsp3) is 0.276. The van der Waals surface area contributed by atoms with Crippen molar-refractivity contribution in [3.05, 3.63) is 100 Å². The number of carbonyl (C=O) groups excluding carboxylic acids is 1. The summed E-state index contributed by atoms with van der Waals surface area (Å²) in [5.41, 5.74) is 2.45. The third kappa shape index (κ3) is 6.65. The van der Waals surface area contributed by atoms with Crippen LogP contribution in [-0.2, 0) is 16.1 Å². The molecular weight excluding hydrogens is 494 g/mol. The van der Waals surface area contributed by atoms with Gasteiger partial charge in [0.1, 0.15) is 23.8 Å². The highest BCUT2D eigenvalue weighted by Crippen LogP contribution is 2.30. The van der Waals surface area contributed by atoms with Crippen LogP contribution < -0.4 is 10.1 Å². The Morgan fingerprint density at radius 1 is 0.944 bits per heavy atom. The van der Waals surface area contributed by atoms with E-state index in [9.17, 15) is 4.79 Å². The van der Waals surface area contributed by atoms with Crippen molar-refractivity contribution in [1.29, 1.82) is 0 Å². The zero-order valence-corrected chi connectivity index (χ0v) is 21.6. The van der Waals surface area contributed by atoms with E-state index in [4.69, 9.17) is 14.2 Å². The van der Waals surface area contributed by atoms with Gasteiger partial charge in [0.25, 0.3) is 0 Å². The Kier molecular flexibility index (Phi) is 9.36. The van der Waals surface area contributed by atoms with E-state index >= 15 is 0 Å². The van der Waals surface area contributed by atoms with E-state index in [2.05, 4.69) is 59.9 Å². The summed E-state index contributed by atoms with van der Waals surface area (Å²) >= 11 is 1.37. The molecule has 5 nitrogen and oxygen atoms in total. The topological polar surface area (TPSA) is 56.8 Å². The summed E-state index contributed by atoms with van der Waals surface area (Å²) < 4.78 is 17.4. The van der Waals surface area contributed by atoms with Gasteiger partial charge in [-0.1, -0.05) is 54.6 Å². The number of benzene rings is 3. The number of hydrogen-bond acceptors (Lipinski definition) is 6. The zero-order chi connectivity index (χ0) is 23.9. The van der Waals surface area contributed by atoms with Crippen LogP contribution in [0.1, 0.15) is 33.1 Å². The highest BCUT2D eigenvalue weighted by atomic mass is 35.5. The van der Waals surface area contributed by atoms with E-state index in [0.29, 0.717) is 24.0 Å². The van der Waals surface area contributed by atoms with E-state index in [-0.39, 0.29) is 31.1 Å². The average Bonchev–Trinajstić information content (AvgIpc) is 3.46. The van der Waals surface area contributed by atoms with Gasteiger partial charge in [-0.2, -0.15) is 0 Å². The maximum atomic E-state index is 11.9. The maximum Gasteiger partial charge on any atom is 0.348 e. The third-order valence-electron chi connectivity index (χ3n) is 6.32. The highest BCUT2D eigenvalue weighted by molar-refractivity contribution is 7.11. The predicted octanol–water partition coefficient (Wildman–Crippen LogP) is 6.22. The van der Waals surface area contributed by atoms with Gasteiger partial charge >= 0.3 is 5.97 Å². The first kappa shape index (κ1) is 26.2. The molecule has 0 amide bonds. The molecule has 0 bridgehead atoms. The van der Waals surface area contributed by atoms with Crippen molar-refractivity contribution in [2.24, 2.45) is 0 Å². The van der Waals surface area contributed by atoms with Gasteiger partial charge in [-0.25, -0.2) is 4.79 Å². The summed E-state index contributed by atoms with van der Waals surface area (Å²) in [6.45, 7) is 2.96. The third-order valence-corrected chi connectivity index (χ3v) is 7.17. The fourth-order valence-electron chi connectivity index (χ4n) is 4.49. The first-order chi connectivity index (χ1) is 17.3. The van der Waals surface area contributed by atoms with Crippen LogP contribution in [0.25, 0.3) is 10.8 Å². The molecule has 1 N–H and O–H groups in total. The fourth-order valence-corrected chi connectivity index (χ4v) is 5.11. The standard InChI is InChI=1S/C29H29NO4S.ClH/c31-29(28-6-3-17-35-28)33-16-15-32-25-11-9-23(10-12-25)26-13-14-30-19-27(26)34-20-21-7-8-22-4-1-2-5-24(22)18-21;/h1-12,17-18,26-27,30H,13-16,19-20H2;1H. The van der Waals surface area contributed by atoms with Crippen LogP contribution in [0.3, 0.4) is 0 Å². The summed E-state index contributed by atoms with van der Waals surface area (Å²) in [6, 6.07) is 26.7. The van der Waals surface area contributed by atoms with Crippen molar-refractivity contribution in [3.63, 3.8) is 0 Å². The summed E-state index contributed by atoms with van der Waals surface area (Å²) in [5.74, 6) is 0.792. The second-order valence-corrected chi connectivity index (χ2v) is 9.61. The molecule has 5 rings (SSSR count). The number of fused-ring (bicyclic) bond motifs is 1. The lowest BCUT2D eigenvalue weighted by Crippen LogP contribution is -2.40. The number of carbonyl (C=O) groups is 1. The SMILES string of the molecule is Cl.O=C(OCCOc1ccc(C2CCNCC2OCc2ccc3ccccc3c2)cc1)c1cccs1. The molecule has 1 saturated heterocycles. The monoisotopic (exact) mass is 523 g/mol. The molecule has 2 atom stereocenters. The lowest BCUT2D eigenvalue weighted by Gasteiger charge is -2.32.